The number of hydrogen-bond acceptors (Lipinski definition) is 6. The molecule has 0 aliphatic carbocycles. The van der Waals surface area contributed by atoms with Gasteiger partial charge in [-0.15, -0.1) is 0 Å². The van der Waals surface area contributed by atoms with Gasteiger partial charge in [0.05, 0.1) is 4.92 Å². The summed E-state index contributed by atoms with van der Waals surface area (Å²) in [6.45, 7) is 6.27. The molecule has 2 rings (SSSR count). The van der Waals surface area contributed by atoms with Crippen molar-refractivity contribution in [1.82, 2.24) is 9.97 Å². The second-order valence-electron chi connectivity index (χ2n) is 4.51. The van der Waals surface area contributed by atoms with Crippen LogP contribution in [-0.2, 0) is 0 Å². The van der Waals surface area contributed by atoms with Crippen LogP contribution in [0, 0.1) is 24.0 Å². The predicted octanol–water partition coefficient (Wildman–Crippen LogP) is 3.23. The van der Waals surface area contributed by atoms with Gasteiger partial charge >= 0.3 is 11.6 Å². The van der Waals surface area contributed by atoms with Crippen LogP contribution in [0.3, 0.4) is 0 Å². The molecule has 0 aliphatic rings. The van der Waals surface area contributed by atoms with E-state index >= 15 is 0 Å². The molecule has 7 heteroatoms. The summed E-state index contributed by atoms with van der Waals surface area (Å²) in [6.07, 6.45) is 1.24. The van der Waals surface area contributed by atoms with Crippen LogP contribution < -0.4 is 10.1 Å². The minimum absolute atomic E-state index is 0.0748. The Bertz CT molecular complexity index is 673. The number of nitrogens with one attached hydrogen (secondary N) is 1. The van der Waals surface area contributed by atoms with Crippen molar-refractivity contribution in [2.24, 2.45) is 0 Å². The second kappa shape index (κ2) is 6.17. The highest BCUT2D eigenvalue weighted by Crippen LogP contribution is 2.34. The smallest absolute Gasteiger partial charge is 0.373 e. The summed E-state index contributed by atoms with van der Waals surface area (Å²) >= 11 is 0. The molecule has 0 aliphatic heterocycles. The van der Waals surface area contributed by atoms with E-state index in [4.69, 9.17) is 4.74 Å². The second-order valence-corrected chi connectivity index (χ2v) is 4.51. The molecule has 0 radical (unpaired) electrons. The Morgan fingerprint density at radius 3 is 2.67 bits per heavy atom. The SMILES string of the molecule is CCNc1ncnc(Oc2ccc(C)c(C)c2)c1[N+](=O)[O-]. The van der Waals surface area contributed by atoms with Gasteiger partial charge in [-0.1, -0.05) is 6.07 Å². The molecule has 0 bridgehead atoms. The van der Waals surface area contributed by atoms with Gasteiger partial charge in [0, 0.05) is 6.54 Å². The highest BCUT2D eigenvalue weighted by Gasteiger charge is 2.24. The summed E-state index contributed by atoms with van der Waals surface area (Å²) in [5, 5.41) is 14.1. The zero-order chi connectivity index (χ0) is 15.4. The predicted molar refractivity (Wildman–Crippen MR) is 78.8 cm³/mol. The summed E-state index contributed by atoms with van der Waals surface area (Å²) in [5.41, 5.74) is 1.89. The third-order valence-corrected chi connectivity index (χ3v) is 3.01. The number of benzene rings is 1. The van der Waals surface area contributed by atoms with Crippen LogP contribution in [0.5, 0.6) is 11.6 Å². The molecule has 0 amide bonds. The van der Waals surface area contributed by atoms with Gasteiger partial charge in [0.2, 0.25) is 5.82 Å². The third kappa shape index (κ3) is 3.25. The summed E-state index contributed by atoms with van der Waals surface area (Å²) in [6, 6.07) is 5.46. The number of ether oxygens (including phenoxy) is 1. The van der Waals surface area contributed by atoms with Crippen molar-refractivity contribution < 1.29 is 9.66 Å². The quantitative estimate of drug-likeness (QED) is 0.671. The van der Waals surface area contributed by atoms with E-state index in [-0.39, 0.29) is 17.4 Å². The van der Waals surface area contributed by atoms with Crippen LogP contribution >= 0.6 is 0 Å². The van der Waals surface area contributed by atoms with Crippen molar-refractivity contribution in [2.75, 3.05) is 11.9 Å². The van der Waals surface area contributed by atoms with Crippen LogP contribution in [-0.4, -0.2) is 21.4 Å². The minimum Gasteiger partial charge on any atom is -0.434 e. The number of nitrogens with zero attached hydrogens (tertiary/aromatic N) is 3. The Morgan fingerprint density at radius 2 is 2.05 bits per heavy atom. The largest absolute Gasteiger partial charge is 0.434 e. The highest BCUT2D eigenvalue weighted by molar-refractivity contribution is 5.61. The van der Waals surface area contributed by atoms with E-state index in [1.165, 1.54) is 6.33 Å². The summed E-state index contributed by atoms with van der Waals surface area (Å²) in [4.78, 5) is 18.4. The van der Waals surface area contributed by atoms with Crippen LogP contribution in [0.1, 0.15) is 18.1 Å². The lowest BCUT2D eigenvalue weighted by molar-refractivity contribution is -0.385. The Morgan fingerprint density at radius 1 is 1.29 bits per heavy atom. The van der Waals surface area contributed by atoms with Gasteiger partial charge in [0.15, 0.2) is 0 Å². The highest BCUT2D eigenvalue weighted by atomic mass is 16.6. The minimum atomic E-state index is -0.547. The molecule has 110 valence electrons. The number of aryl methyl sites for hydroxylation is 2. The fraction of sp³-hybridized carbons (Fsp3) is 0.286. The maximum absolute atomic E-state index is 11.2. The van der Waals surface area contributed by atoms with Crippen molar-refractivity contribution in [2.45, 2.75) is 20.8 Å². The first-order valence-electron chi connectivity index (χ1n) is 6.51. The maximum Gasteiger partial charge on any atom is 0.373 e. The number of nitro groups is 1. The molecular formula is C14H16N4O3. The Hall–Kier alpha value is -2.70. The molecule has 1 aromatic carbocycles. The summed E-state index contributed by atoms with van der Waals surface area (Å²) < 4.78 is 5.56. The fourth-order valence-corrected chi connectivity index (χ4v) is 1.79. The maximum atomic E-state index is 11.2. The Kier molecular flexibility index (Phi) is 4.32. The molecule has 0 unspecified atom stereocenters. The van der Waals surface area contributed by atoms with Gasteiger partial charge < -0.3 is 10.1 Å². The monoisotopic (exact) mass is 288 g/mol. The zero-order valence-electron chi connectivity index (χ0n) is 12.1. The standard InChI is InChI=1S/C14H16N4O3/c1-4-15-13-12(18(19)20)14(17-8-16-13)21-11-6-5-9(2)10(3)7-11/h5-8H,4H2,1-3H3,(H,15,16,17). The summed E-state index contributed by atoms with van der Waals surface area (Å²) in [7, 11) is 0. The number of anilines is 1. The van der Waals surface area contributed by atoms with Gasteiger partial charge in [0.1, 0.15) is 12.1 Å². The van der Waals surface area contributed by atoms with Gasteiger partial charge in [-0.2, -0.15) is 4.98 Å². The third-order valence-electron chi connectivity index (χ3n) is 3.01. The molecule has 0 fully saturated rings. The van der Waals surface area contributed by atoms with Crippen molar-refractivity contribution in [3.63, 3.8) is 0 Å². The molecule has 7 nitrogen and oxygen atoms in total. The van der Waals surface area contributed by atoms with Crippen LogP contribution in [0.2, 0.25) is 0 Å². The fourth-order valence-electron chi connectivity index (χ4n) is 1.79. The van der Waals surface area contributed by atoms with Gasteiger partial charge in [0.25, 0.3) is 0 Å². The molecule has 1 N–H and O–H groups in total. The Balaban J connectivity index is 2.41. The van der Waals surface area contributed by atoms with Gasteiger partial charge in [-0.05, 0) is 44.0 Å². The van der Waals surface area contributed by atoms with E-state index in [1.807, 2.05) is 32.9 Å². The average molecular weight is 288 g/mol. The number of rotatable bonds is 5. The van der Waals surface area contributed by atoms with Crippen molar-refractivity contribution in [3.05, 3.63) is 45.8 Å². The van der Waals surface area contributed by atoms with Crippen molar-refractivity contribution in [1.29, 1.82) is 0 Å². The normalized spacial score (nSPS) is 10.2. The topological polar surface area (TPSA) is 90.2 Å². The van der Waals surface area contributed by atoms with E-state index in [0.717, 1.165) is 11.1 Å². The first-order valence-corrected chi connectivity index (χ1v) is 6.51. The van der Waals surface area contributed by atoms with Gasteiger partial charge in [-0.25, -0.2) is 4.98 Å². The molecular weight excluding hydrogens is 272 g/mol. The van der Waals surface area contributed by atoms with E-state index in [0.29, 0.717) is 12.3 Å². The van der Waals surface area contributed by atoms with E-state index in [9.17, 15) is 10.1 Å². The van der Waals surface area contributed by atoms with E-state index in [2.05, 4.69) is 15.3 Å². The first-order chi connectivity index (χ1) is 10.0. The number of hydrogen-bond donors (Lipinski definition) is 1. The lowest BCUT2D eigenvalue weighted by Gasteiger charge is -2.09. The lowest BCUT2D eigenvalue weighted by atomic mass is 10.1. The molecule has 0 saturated heterocycles. The molecule has 0 spiro atoms. The zero-order valence-corrected chi connectivity index (χ0v) is 12.1. The van der Waals surface area contributed by atoms with Crippen LogP contribution in [0.15, 0.2) is 24.5 Å². The first kappa shape index (κ1) is 14.7. The van der Waals surface area contributed by atoms with E-state index < -0.39 is 4.92 Å². The molecule has 21 heavy (non-hydrogen) atoms. The number of aromatic nitrogens is 2. The molecule has 0 atom stereocenters. The molecule has 0 saturated carbocycles. The van der Waals surface area contributed by atoms with Crippen molar-refractivity contribution in [3.8, 4) is 11.6 Å². The average Bonchev–Trinajstić information content (AvgIpc) is 2.43. The lowest BCUT2D eigenvalue weighted by Crippen LogP contribution is -2.06. The Labute approximate surface area is 122 Å². The molecule has 2 aromatic rings. The van der Waals surface area contributed by atoms with Crippen LogP contribution in [0.4, 0.5) is 11.5 Å². The van der Waals surface area contributed by atoms with Crippen LogP contribution in [0.25, 0.3) is 0 Å². The summed E-state index contributed by atoms with van der Waals surface area (Å²) in [5.74, 6) is 0.577. The molecule has 1 heterocycles. The van der Waals surface area contributed by atoms with Gasteiger partial charge in [-0.3, -0.25) is 10.1 Å². The molecule has 1 aromatic heterocycles. The van der Waals surface area contributed by atoms with Crippen molar-refractivity contribution >= 4 is 11.5 Å². The van der Waals surface area contributed by atoms with E-state index in [1.54, 1.807) is 6.07 Å².